The molecule has 0 saturated heterocycles. The van der Waals surface area contributed by atoms with Gasteiger partial charge in [0, 0.05) is 23.4 Å². The Morgan fingerprint density at radius 3 is 2.53 bits per heavy atom. The number of nitrogens with two attached hydrogens (primary N) is 2. The molecule has 1 aliphatic rings. The molecule has 0 radical (unpaired) electrons. The van der Waals surface area contributed by atoms with Gasteiger partial charge in [-0.1, -0.05) is 18.2 Å². The van der Waals surface area contributed by atoms with Gasteiger partial charge >= 0.3 is 0 Å². The first-order valence-corrected chi connectivity index (χ1v) is 9.66. The maximum atomic E-state index is 6.53. The van der Waals surface area contributed by atoms with Gasteiger partial charge < -0.3 is 30.6 Å². The van der Waals surface area contributed by atoms with Gasteiger partial charge in [0.05, 0.1) is 31.4 Å². The lowest BCUT2D eigenvalue weighted by Gasteiger charge is -2.32. The summed E-state index contributed by atoms with van der Waals surface area (Å²) in [6.07, 6.45) is 1.24. The van der Waals surface area contributed by atoms with Crippen molar-refractivity contribution in [2.24, 2.45) is 10.7 Å². The topological polar surface area (TPSA) is 95.3 Å². The summed E-state index contributed by atoms with van der Waals surface area (Å²) in [7, 11) is 1.60. The molecule has 1 atom stereocenters. The number of ether oxygens (including phenoxy) is 3. The fourth-order valence-corrected chi connectivity index (χ4v) is 3.32. The van der Waals surface area contributed by atoms with Crippen LogP contribution < -0.4 is 30.6 Å². The molecule has 0 amide bonds. The number of para-hydroxylation sites is 1. The van der Waals surface area contributed by atoms with Crippen LogP contribution in [0.15, 0.2) is 65.7 Å². The first kappa shape index (κ1) is 19.6. The molecule has 1 unspecified atom stereocenters. The fourth-order valence-electron chi connectivity index (χ4n) is 3.32. The lowest BCUT2D eigenvalue weighted by molar-refractivity contribution is 0.342. The molecule has 4 rings (SSSR count). The van der Waals surface area contributed by atoms with Crippen LogP contribution >= 0.6 is 0 Å². The maximum absolute atomic E-state index is 6.53. The average Bonchev–Trinajstić information content (AvgIpc) is 2.76. The zero-order valence-electron chi connectivity index (χ0n) is 16.9. The average molecular weight is 404 g/mol. The molecule has 7 heteroatoms. The van der Waals surface area contributed by atoms with Crippen molar-refractivity contribution in [1.29, 1.82) is 0 Å². The van der Waals surface area contributed by atoms with Crippen LogP contribution in [0.5, 0.6) is 23.0 Å². The number of nitrogen functional groups attached to an aromatic ring is 1. The van der Waals surface area contributed by atoms with E-state index in [1.165, 1.54) is 0 Å². The number of fused-ring (bicyclic) bond motifs is 1. The van der Waals surface area contributed by atoms with Gasteiger partial charge in [-0.25, -0.2) is 4.99 Å². The van der Waals surface area contributed by atoms with Crippen molar-refractivity contribution in [2.45, 2.75) is 13.1 Å². The highest BCUT2D eigenvalue weighted by Crippen LogP contribution is 2.41. The van der Waals surface area contributed by atoms with E-state index in [9.17, 15) is 0 Å². The second kappa shape index (κ2) is 8.34. The second-order valence-electron chi connectivity index (χ2n) is 6.73. The zero-order chi connectivity index (χ0) is 21.1. The smallest absolute Gasteiger partial charge is 0.169 e. The first-order valence-electron chi connectivity index (χ1n) is 9.66. The maximum Gasteiger partial charge on any atom is 0.169 e. The molecule has 154 valence electrons. The molecule has 30 heavy (non-hydrogen) atoms. The monoisotopic (exact) mass is 404 g/mol. The molecule has 0 aromatic heterocycles. The lowest BCUT2D eigenvalue weighted by atomic mass is 10.1. The van der Waals surface area contributed by atoms with Crippen LogP contribution in [-0.4, -0.2) is 20.1 Å². The highest BCUT2D eigenvalue weighted by atomic mass is 16.5. The molecule has 4 N–H and O–H groups in total. The molecular weight excluding hydrogens is 380 g/mol. The third kappa shape index (κ3) is 3.75. The largest absolute Gasteiger partial charge is 0.493 e. The Kier molecular flexibility index (Phi) is 5.45. The van der Waals surface area contributed by atoms with Gasteiger partial charge in [0.2, 0.25) is 0 Å². The molecule has 0 fully saturated rings. The van der Waals surface area contributed by atoms with Crippen molar-refractivity contribution in [1.82, 2.24) is 0 Å². The Morgan fingerprint density at radius 1 is 1.00 bits per heavy atom. The van der Waals surface area contributed by atoms with Crippen molar-refractivity contribution < 1.29 is 14.2 Å². The van der Waals surface area contributed by atoms with Crippen LogP contribution in [0.4, 0.5) is 17.1 Å². The van der Waals surface area contributed by atoms with Crippen molar-refractivity contribution in [3.05, 3.63) is 66.2 Å². The molecule has 0 saturated carbocycles. The number of aliphatic imine (C=N–C) groups is 1. The number of benzene rings is 3. The summed E-state index contributed by atoms with van der Waals surface area (Å²) in [5, 5.41) is 0. The van der Waals surface area contributed by atoms with E-state index in [2.05, 4.69) is 4.99 Å². The van der Waals surface area contributed by atoms with Crippen molar-refractivity contribution in [3.63, 3.8) is 0 Å². The summed E-state index contributed by atoms with van der Waals surface area (Å²) < 4.78 is 17.0. The Balaban J connectivity index is 1.63. The number of hydrogen-bond donors (Lipinski definition) is 2. The minimum Gasteiger partial charge on any atom is -0.493 e. The van der Waals surface area contributed by atoms with Crippen molar-refractivity contribution in [3.8, 4) is 23.0 Å². The minimum absolute atomic E-state index is 0.457. The molecular formula is C23H24N4O3. The van der Waals surface area contributed by atoms with Gasteiger partial charge in [-0.05, 0) is 37.3 Å². The van der Waals surface area contributed by atoms with Crippen LogP contribution in [0.25, 0.3) is 0 Å². The Labute approximate surface area is 175 Å². The molecule has 0 spiro atoms. The number of hydrogen-bond acceptors (Lipinski definition) is 7. The number of methoxy groups -OCH3 is 1. The van der Waals surface area contributed by atoms with Gasteiger partial charge in [0.15, 0.2) is 11.5 Å². The predicted octanol–water partition coefficient (Wildman–Crippen LogP) is 4.61. The van der Waals surface area contributed by atoms with Crippen molar-refractivity contribution >= 4 is 23.4 Å². The lowest BCUT2D eigenvalue weighted by Crippen LogP contribution is -2.35. The molecule has 7 nitrogen and oxygen atoms in total. The second-order valence-corrected chi connectivity index (χ2v) is 6.73. The van der Waals surface area contributed by atoms with E-state index in [1.54, 1.807) is 13.4 Å². The van der Waals surface area contributed by atoms with E-state index in [0.29, 0.717) is 29.5 Å². The standard InChI is InChI=1S/C23H24N4O3/c1-3-29-21-13-19-17(12-18(21)24)23(25)27(14-26-19)15-9-10-20(22(11-15)28-2)30-16-7-5-4-6-8-16/h4-14,23H,3,24-25H2,1-2H3. The summed E-state index contributed by atoms with van der Waals surface area (Å²) >= 11 is 0. The Bertz CT molecular complexity index is 1070. The van der Waals surface area contributed by atoms with E-state index in [4.69, 9.17) is 25.7 Å². The minimum atomic E-state index is -0.457. The third-order valence-electron chi connectivity index (χ3n) is 4.81. The van der Waals surface area contributed by atoms with Crippen LogP contribution in [0.3, 0.4) is 0 Å². The summed E-state index contributed by atoms with van der Waals surface area (Å²) in [5.74, 6) is 2.54. The Morgan fingerprint density at radius 2 is 1.80 bits per heavy atom. The van der Waals surface area contributed by atoms with E-state index in [0.717, 1.165) is 22.7 Å². The number of anilines is 2. The number of nitrogens with zero attached hydrogens (tertiary/aromatic N) is 2. The third-order valence-corrected chi connectivity index (χ3v) is 4.81. The Hall–Kier alpha value is -3.71. The summed E-state index contributed by atoms with van der Waals surface area (Å²) in [6, 6.07) is 18.8. The van der Waals surface area contributed by atoms with E-state index in [1.807, 2.05) is 72.5 Å². The quantitative estimate of drug-likeness (QED) is 0.583. The molecule has 1 aliphatic heterocycles. The molecule has 3 aromatic carbocycles. The van der Waals surface area contributed by atoms with Gasteiger partial charge in [0.25, 0.3) is 0 Å². The fraction of sp³-hybridized carbons (Fsp3) is 0.174. The number of rotatable bonds is 6. The van der Waals surface area contributed by atoms with Gasteiger partial charge in [0.1, 0.15) is 17.7 Å². The van der Waals surface area contributed by atoms with Gasteiger partial charge in [-0.3, -0.25) is 0 Å². The van der Waals surface area contributed by atoms with Gasteiger partial charge in [-0.15, -0.1) is 0 Å². The molecule has 0 bridgehead atoms. The van der Waals surface area contributed by atoms with E-state index >= 15 is 0 Å². The summed E-state index contributed by atoms with van der Waals surface area (Å²) in [5.41, 5.74) is 15.6. The van der Waals surface area contributed by atoms with Crippen molar-refractivity contribution in [2.75, 3.05) is 24.4 Å². The molecule has 3 aromatic rings. The molecule has 0 aliphatic carbocycles. The van der Waals surface area contributed by atoms with E-state index < -0.39 is 6.17 Å². The van der Waals surface area contributed by atoms with Gasteiger partial charge in [-0.2, -0.15) is 0 Å². The zero-order valence-corrected chi connectivity index (χ0v) is 16.9. The normalized spacial score (nSPS) is 14.9. The molecule has 1 heterocycles. The van der Waals surface area contributed by atoms with E-state index in [-0.39, 0.29) is 0 Å². The first-order chi connectivity index (χ1) is 14.6. The van der Waals surface area contributed by atoms with Crippen LogP contribution in [-0.2, 0) is 0 Å². The van der Waals surface area contributed by atoms with Crippen LogP contribution in [0.2, 0.25) is 0 Å². The van der Waals surface area contributed by atoms with Crippen LogP contribution in [0.1, 0.15) is 18.7 Å². The predicted molar refractivity (Wildman–Crippen MR) is 119 cm³/mol. The SMILES string of the molecule is CCOc1cc2c(cc1N)C(N)N(c1ccc(Oc3ccccc3)c(OC)c1)C=N2. The highest BCUT2D eigenvalue weighted by molar-refractivity contribution is 5.87. The summed E-state index contributed by atoms with van der Waals surface area (Å²) in [4.78, 5) is 6.40. The summed E-state index contributed by atoms with van der Waals surface area (Å²) in [6.45, 7) is 2.44. The highest BCUT2D eigenvalue weighted by Gasteiger charge is 2.25. The van der Waals surface area contributed by atoms with Crippen LogP contribution in [0, 0.1) is 0 Å².